The normalized spacial score (nSPS) is 20.0. The van der Waals surface area contributed by atoms with Gasteiger partial charge in [-0.1, -0.05) is 29.8 Å². The third-order valence-electron chi connectivity index (χ3n) is 6.77. The number of carbonyl (C=O) groups is 1. The number of amides is 1. The molecule has 3 aromatic rings. The average molecular weight is 502 g/mol. The van der Waals surface area contributed by atoms with Crippen molar-refractivity contribution in [1.29, 1.82) is 0 Å². The van der Waals surface area contributed by atoms with Gasteiger partial charge in [-0.2, -0.15) is 4.72 Å². The molecule has 2 fully saturated rings. The van der Waals surface area contributed by atoms with Gasteiger partial charge in [0.15, 0.2) is 0 Å². The molecule has 3 aromatic carbocycles. The van der Waals surface area contributed by atoms with Gasteiger partial charge in [0.25, 0.3) is 0 Å². The van der Waals surface area contributed by atoms with Gasteiger partial charge in [0.1, 0.15) is 11.9 Å². The lowest BCUT2D eigenvalue weighted by molar-refractivity contribution is -0.118. The number of anilines is 1. The third-order valence-corrected chi connectivity index (χ3v) is 8.47. The van der Waals surface area contributed by atoms with Gasteiger partial charge in [0, 0.05) is 17.6 Å². The highest BCUT2D eigenvalue weighted by Gasteiger charge is 2.37. The van der Waals surface area contributed by atoms with Crippen LogP contribution in [0.1, 0.15) is 31.4 Å². The minimum Gasteiger partial charge on any atom is -0.308 e. The molecule has 0 spiro atoms. The summed E-state index contributed by atoms with van der Waals surface area (Å²) in [5.74, 6) is -0.937. The van der Waals surface area contributed by atoms with Crippen LogP contribution in [0.25, 0.3) is 10.8 Å². The van der Waals surface area contributed by atoms with Crippen LogP contribution >= 0.6 is 11.6 Å². The predicted octanol–water partition coefficient (Wildman–Crippen LogP) is 4.48. The first-order chi connectivity index (χ1) is 16.2. The molecule has 0 radical (unpaired) electrons. The van der Waals surface area contributed by atoms with E-state index < -0.39 is 27.8 Å². The van der Waals surface area contributed by atoms with Gasteiger partial charge in [0.2, 0.25) is 15.9 Å². The van der Waals surface area contributed by atoms with Crippen molar-refractivity contribution in [1.82, 2.24) is 9.62 Å². The van der Waals surface area contributed by atoms with E-state index in [0.29, 0.717) is 5.02 Å². The second-order valence-electron chi connectivity index (χ2n) is 8.88. The van der Waals surface area contributed by atoms with Gasteiger partial charge in [0.05, 0.1) is 10.6 Å². The summed E-state index contributed by atoms with van der Waals surface area (Å²) in [5, 5.41) is 2.10. The van der Waals surface area contributed by atoms with E-state index in [1.165, 1.54) is 17.0 Å². The summed E-state index contributed by atoms with van der Waals surface area (Å²) < 4.78 is 43.4. The van der Waals surface area contributed by atoms with Gasteiger partial charge in [-0.3, -0.25) is 9.69 Å². The molecule has 2 aliphatic heterocycles. The molecule has 5 rings (SSSR count). The third kappa shape index (κ3) is 4.31. The van der Waals surface area contributed by atoms with Gasteiger partial charge in [-0.05, 0) is 85.6 Å². The van der Waals surface area contributed by atoms with Crippen molar-refractivity contribution in [2.24, 2.45) is 0 Å². The van der Waals surface area contributed by atoms with E-state index in [9.17, 15) is 17.6 Å². The van der Waals surface area contributed by atoms with Crippen molar-refractivity contribution in [2.45, 2.75) is 36.7 Å². The van der Waals surface area contributed by atoms with Crippen molar-refractivity contribution in [3.05, 3.63) is 71.0 Å². The van der Waals surface area contributed by atoms with Crippen molar-refractivity contribution in [3.8, 4) is 0 Å². The Morgan fingerprint density at radius 3 is 2.47 bits per heavy atom. The number of benzene rings is 3. The second-order valence-corrected chi connectivity index (χ2v) is 11.0. The number of halogens is 2. The minimum absolute atomic E-state index is 0.0593. The zero-order valence-electron chi connectivity index (χ0n) is 18.7. The smallest absolute Gasteiger partial charge is 0.245 e. The molecule has 2 saturated heterocycles. The maximum Gasteiger partial charge on any atom is 0.245 e. The molecule has 9 heteroatoms. The molecule has 34 heavy (non-hydrogen) atoms. The summed E-state index contributed by atoms with van der Waals surface area (Å²) in [5.41, 5.74) is 1.04. The number of hydrogen-bond acceptors (Lipinski definition) is 4. The molecule has 6 nitrogen and oxygen atoms in total. The SMILES string of the molecule is CC(c1ccc(N2CCC(NS(=O)(=O)c3ccc4cc(Cl)ccc4c3)C2=O)c(F)c1)N1CCC1. The molecule has 2 unspecified atom stereocenters. The van der Waals surface area contributed by atoms with E-state index in [2.05, 4.69) is 9.62 Å². The Balaban J connectivity index is 1.32. The van der Waals surface area contributed by atoms with Crippen LogP contribution in [0, 0.1) is 5.82 Å². The summed E-state index contributed by atoms with van der Waals surface area (Å²) >= 11 is 6.00. The van der Waals surface area contributed by atoms with Gasteiger partial charge < -0.3 is 4.90 Å². The van der Waals surface area contributed by atoms with Crippen LogP contribution in [0.2, 0.25) is 5.02 Å². The maximum absolute atomic E-state index is 15.0. The Kier molecular flexibility index (Phi) is 6.10. The fourth-order valence-electron chi connectivity index (χ4n) is 4.59. The molecule has 0 bridgehead atoms. The number of sulfonamides is 1. The van der Waals surface area contributed by atoms with E-state index in [1.807, 2.05) is 13.0 Å². The first kappa shape index (κ1) is 23.2. The Labute approximate surface area is 203 Å². The lowest BCUT2D eigenvalue weighted by atomic mass is 10.0. The number of carbonyl (C=O) groups excluding carboxylic acids is 1. The van der Waals surface area contributed by atoms with Crippen LogP contribution in [-0.4, -0.2) is 44.9 Å². The summed E-state index contributed by atoms with van der Waals surface area (Å²) in [4.78, 5) is 16.7. The molecular weight excluding hydrogens is 477 g/mol. The molecule has 0 aromatic heterocycles. The van der Waals surface area contributed by atoms with Crippen LogP contribution < -0.4 is 9.62 Å². The maximum atomic E-state index is 15.0. The van der Waals surface area contributed by atoms with Gasteiger partial charge in [-0.15, -0.1) is 0 Å². The number of nitrogens with zero attached hydrogens (tertiary/aromatic N) is 2. The van der Waals surface area contributed by atoms with Gasteiger partial charge >= 0.3 is 0 Å². The summed E-state index contributed by atoms with van der Waals surface area (Å²) in [7, 11) is -3.95. The highest BCUT2D eigenvalue weighted by Crippen LogP contribution is 2.31. The Morgan fingerprint density at radius 2 is 1.76 bits per heavy atom. The number of likely N-dealkylation sites (tertiary alicyclic amines) is 1. The molecular formula is C25H25ClFN3O3S. The first-order valence-corrected chi connectivity index (χ1v) is 13.2. The molecule has 2 heterocycles. The van der Waals surface area contributed by atoms with Crippen LogP contribution in [0.4, 0.5) is 10.1 Å². The highest BCUT2D eigenvalue weighted by molar-refractivity contribution is 7.89. The first-order valence-electron chi connectivity index (χ1n) is 11.3. The Hall–Kier alpha value is -2.52. The molecule has 178 valence electrons. The number of hydrogen-bond donors (Lipinski definition) is 1. The Bertz CT molecular complexity index is 1380. The zero-order chi connectivity index (χ0) is 24.0. The lowest BCUT2D eigenvalue weighted by Crippen LogP contribution is -2.41. The monoisotopic (exact) mass is 501 g/mol. The van der Waals surface area contributed by atoms with E-state index in [4.69, 9.17) is 11.6 Å². The van der Waals surface area contributed by atoms with Crippen LogP contribution in [-0.2, 0) is 14.8 Å². The average Bonchev–Trinajstić information content (AvgIpc) is 3.11. The fraction of sp³-hybridized carbons (Fsp3) is 0.320. The molecule has 1 N–H and O–H groups in total. The number of nitrogens with one attached hydrogen (secondary N) is 1. The Morgan fingerprint density at radius 1 is 1.03 bits per heavy atom. The standard InChI is InChI=1S/C25H25ClFN3O3S/c1-16(29-10-2-11-29)17-5-8-24(22(27)15-17)30-12-9-23(25(30)31)28-34(32,33)21-7-4-18-13-20(26)6-3-19(18)14-21/h3-8,13-16,23,28H,2,9-12H2,1H3. The molecule has 2 aliphatic rings. The summed E-state index contributed by atoms with van der Waals surface area (Å²) in [6.45, 7) is 4.28. The van der Waals surface area contributed by atoms with Crippen LogP contribution in [0.5, 0.6) is 0 Å². The van der Waals surface area contributed by atoms with E-state index in [0.717, 1.165) is 35.8 Å². The molecule has 0 saturated carbocycles. The van der Waals surface area contributed by atoms with E-state index in [-0.39, 0.29) is 29.6 Å². The molecule has 1 amide bonds. The minimum atomic E-state index is -3.95. The van der Waals surface area contributed by atoms with Crippen molar-refractivity contribution >= 4 is 44.0 Å². The summed E-state index contributed by atoms with van der Waals surface area (Å²) in [6, 6.07) is 14.0. The number of fused-ring (bicyclic) bond motifs is 1. The zero-order valence-corrected chi connectivity index (χ0v) is 20.2. The van der Waals surface area contributed by atoms with Crippen molar-refractivity contribution < 1.29 is 17.6 Å². The highest BCUT2D eigenvalue weighted by atomic mass is 35.5. The van der Waals surface area contributed by atoms with E-state index in [1.54, 1.807) is 36.4 Å². The summed E-state index contributed by atoms with van der Waals surface area (Å²) in [6.07, 6.45) is 1.41. The van der Waals surface area contributed by atoms with Crippen molar-refractivity contribution in [2.75, 3.05) is 24.5 Å². The van der Waals surface area contributed by atoms with Crippen molar-refractivity contribution in [3.63, 3.8) is 0 Å². The second kappa shape index (κ2) is 8.92. The molecule has 2 atom stereocenters. The predicted molar refractivity (Wildman–Crippen MR) is 131 cm³/mol. The van der Waals surface area contributed by atoms with Gasteiger partial charge in [-0.25, -0.2) is 12.8 Å². The van der Waals surface area contributed by atoms with Crippen LogP contribution in [0.3, 0.4) is 0 Å². The quantitative estimate of drug-likeness (QED) is 0.540. The number of rotatable bonds is 6. The van der Waals surface area contributed by atoms with E-state index >= 15 is 0 Å². The molecule has 0 aliphatic carbocycles. The topological polar surface area (TPSA) is 69.7 Å². The lowest BCUT2D eigenvalue weighted by Gasteiger charge is -2.36. The fourth-order valence-corrected chi connectivity index (χ4v) is 6.03. The van der Waals surface area contributed by atoms with Crippen LogP contribution in [0.15, 0.2) is 59.5 Å². The largest absolute Gasteiger partial charge is 0.308 e.